The Balaban J connectivity index is 1.23. The summed E-state index contributed by atoms with van der Waals surface area (Å²) in [7, 11) is 3.29. The minimum atomic E-state index is -0.790. The highest BCUT2D eigenvalue weighted by atomic mass is 16.4. The monoisotopic (exact) mass is 520 g/mol. The molecule has 3 aromatic rings. The van der Waals surface area contributed by atoms with E-state index in [-0.39, 0.29) is 30.4 Å². The van der Waals surface area contributed by atoms with Crippen LogP contribution in [0.1, 0.15) is 29.5 Å². The number of rotatable bonds is 5. The highest BCUT2D eigenvalue weighted by Crippen LogP contribution is 2.27. The molecular weight excluding hydrogens is 488 g/mol. The van der Waals surface area contributed by atoms with Gasteiger partial charge in [-0.2, -0.15) is 0 Å². The molecular formula is C27H32N6O5. The van der Waals surface area contributed by atoms with Crippen LogP contribution in [0.3, 0.4) is 0 Å². The molecule has 0 bridgehead atoms. The minimum absolute atomic E-state index is 0.0253. The van der Waals surface area contributed by atoms with Crippen molar-refractivity contribution >= 4 is 34.8 Å². The fourth-order valence-corrected chi connectivity index (χ4v) is 5.30. The molecule has 3 N–H and O–H groups in total. The summed E-state index contributed by atoms with van der Waals surface area (Å²) in [6.45, 7) is 3.35. The van der Waals surface area contributed by atoms with Crippen LogP contribution in [0, 0.1) is 6.92 Å². The zero-order valence-electron chi connectivity index (χ0n) is 21.7. The van der Waals surface area contributed by atoms with Crippen LogP contribution in [0.4, 0.5) is 15.3 Å². The molecule has 2 aliphatic heterocycles. The Hall–Kier alpha value is -4.28. The first-order valence-electron chi connectivity index (χ1n) is 12.7. The lowest BCUT2D eigenvalue weighted by Gasteiger charge is -2.40. The van der Waals surface area contributed by atoms with Gasteiger partial charge in [-0.05, 0) is 48.6 Å². The molecule has 0 saturated carbocycles. The second-order valence-corrected chi connectivity index (χ2v) is 10.2. The Morgan fingerprint density at radius 3 is 2.63 bits per heavy atom. The van der Waals surface area contributed by atoms with E-state index in [1.165, 1.54) is 4.90 Å². The van der Waals surface area contributed by atoms with Crippen LogP contribution in [0.5, 0.6) is 0 Å². The molecule has 0 aliphatic carbocycles. The molecule has 2 aliphatic rings. The molecule has 11 nitrogen and oxygen atoms in total. The van der Waals surface area contributed by atoms with Crippen LogP contribution in [-0.4, -0.2) is 76.9 Å². The van der Waals surface area contributed by atoms with E-state index in [1.54, 1.807) is 25.1 Å². The summed E-state index contributed by atoms with van der Waals surface area (Å²) in [5.74, 6) is -0.769. The number of fused-ring (bicyclic) bond motifs is 2. The highest BCUT2D eigenvalue weighted by Gasteiger charge is 2.33. The van der Waals surface area contributed by atoms with Gasteiger partial charge in [-0.25, -0.2) is 14.4 Å². The second-order valence-electron chi connectivity index (χ2n) is 10.2. The Morgan fingerprint density at radius 1 is 1.16 bits per heavy atom. The number of para-hydroxylation sites is 1. The van der Waals surface area contributed by atoms with Crippen molar-refractivity contribution in [3.63, 3.8) is 0 Å². The molecule has 1 atom stereocenters. The lowest BCUT2D eigenvalue weighted by Crippen LogP contribution is -2.55. The molecule has 3 heterocycles. The minimum Gasteiger partial charge on any atom is -0.408 e. The number of aromatic nitrogens is 1. The van der Waals surface area contributed by atoms with E-state index in [4.69, 9.17) is 4.42 Å². The average molecular weight is 521 g/mol. The van der Waals surface area contributed by atoms with Gasteiger partial charge in [0.1, 0.15) is 6.04 Å². The summed E-state index contributed by atoms with van der Waals surface area (Å²) in [5.41, 5.74) is 4.54. The summed E-state index contributed by atoms with van der Waals surface area (Å²) < 4.78 is 5.21. The van der Waals surface area contributed by atoms with Gasteiger partial charge in [-0.3, -0.25) is 9.78 Å². The molecule has 2 aromatic carbocycles. The third-order valence-electron chi connectivity index (χ3n) is 7.32. The number of aryl methyl sites for hydroxylation is 1. The highest BCUT2D eigenvalue weighted by molar-refractivity contribution is 5.92. The van der Waals surface area contributed by atoms with Crippen LogP contribution < -0.4 is 16.4 Å². The number of anilines is 1. The van der Waals surface area contributed by atoms with Gasteiger partial charge in [-0.1, -0.05) is 24.3 Å². The standard InChI is InChI=1S/C27H32N6O5/c1-16-12-17(14-22-23(16)30-27(37)38-22)13-21(24(34)31(2)3)29-25(35)32-10-8-19(9-11-32)33-15-18-6-4-5-7-20(18)28-26(33)36/h4-7,12,14,19,21H,8-11,13,15H2,1-3H3,(H,28,36)(H,29,35)(H,30,37). The largest absolute Gasteiger partial charge is 0.417 e. The number of hydrogen-bond donors (Lipinski definition) is 3. The molecule has 38 heavy (non-hydrogen) atoms. The maximum absolute atomic E-state index is 13.2. The predicted octanol–water partition coefficient (Wildman–Crippen LogP) is 2.65. The summed E-state index contributed by atoms with van der Waals surface area (Å²) in [5, 5.41) is 5.86. The van der Waals surface area contributed by atoms with Gasteiger partial charge in [0, 0.05) is 51.9 Å². The van der Waals surface area contributed by atoms with Crippen molar-refractivity contribution < 1.29 is 18.8 Å². The maximum atomic E-state index is 13.2. The normalized spacial score (nSPS) is 16.7. The van der Waals surface area contributed by atoms with Crippen molar-refractivity contribution in [2.75, 3.05) is 32.5 Å². The fourth-order valence-electron chi connectivity index (χ4n) is 5.30. The molecule has 11 heteroatoms. The number of nitrogens with zero attached hydrogens (tertiary/aromatic N) is 3. The van der Waals surface area contributed by atoms with Crippen molar-refractivity contribution in [2.45, 2.75) is 44.8 Å². The van der Waals surface area contributed by atoms with E-state index >= 15 is 0 Å². The number of urea groups is 2. The maximum Gasteiger partial charge on any atom is 0.417 e. The number of aromatic amines is 1. The van der Waals surface area contributed by atoms with Gasteiger partial charge in [0.25, 0.3) is 0 Å². The number of carbonyl (C=O) groups is 3. The summed E-state index contributed by atoms with van der Waals surface area (Å²) >= 11 is 0. The lowest BCUT2D eigenvalue weighted by atomic mass is 10.0. The quantitative estimate of drug-likeness (QED) is 0.476. The van der Waals surface area contributed by atoms with Crippen molar-refractivity contribution in [1.29, 1.82) is 0 Å². The van der Waals surface area contributed by atoms with Crippen molar-refractivity contribution in [3.8, 4) is 0 Å². The van der Waals surface area contributed by atoms with Gasteiger partial charge in [0.15, 0.2) is 5.58 Å². The van der Waals surface area contributed by atoms with Crippen LogP contribution >= 0.6 is 0 Å². The molecule has 1 unspecified atom stereocenters. The Morgan fingerprint density at radius 2 is 1.89 bits per heavy atom. The van der Waals surface area contributed by atoms with Gasteiger partial charge in [0.2, 0.25) is 5.91 Å². The molecule has 5 amide bonds. The molecule has 200 valence electrons. The number of carbonyl (C=O) groups excluding carboxylic acids is 3. The van der Waals surface area contributed by atoms with Crippen molar-refractivity contribution in [2.24, 2.45) is 0 Å². The van der Waals surface area contributed by atoms with E-state index < -0.39 is 11.8 Å². The second kappa shape index (κ2) is 10.2. The van der Waals surface area contributed by atoms with Gasteiger partial charge in [-0.15, -0.1) is 0 Å². The zero-order valence-corrected chi connectivity index (χ0v) is 21.7. The Labute approximate surface area is 219 Å². The summed E-state index contributed by atoms with van der Waals surface area (Å²) in [6, 6.07) is 10.2. The number of hydrogen-bond acceptors (Lipinski definition) is 5. The van der Waals surface area contributed by atoms with Crippen LogP contribution in [0.15, 0.2) is 45.6 Å². The predicted molar refractivity (Wildman–Crippen MR) is 142 cm³/mol. The number of oxazole rings is 1. The number of H-pyrrole nitrogens is 1. The smallest absolute Gasteiger partial charge is 0.408 e. The number of likely N-dealkylation sites (N-methyl/N-ethyl adjacent to an activating group) is 1. The Kier molecular flexibility index (Phi) is 6.83. The number of nitrogens with one attached hydrogen (secondary N) is 3. The van der Waals surface area contributed by atoms with E-state index in [1.807, 2.05) is 42.2 Å². The van der Waals surface area contributed by atoms with Crippen molar-refractivity contribution in [3.05, 3.63) is 63.6 Å². The van der Waals surface area contributed by atoms with Crippen LogP contribution in [0.2, 0.25) is 0 Å². The third kappa shape index (κ3) is 5.09. The molecule has 0 radical (unpaired) electrons. The zero-order chi connectivity index (χ0) is 27.0. The lowest BCUT2D eigenvalue weighted by molar-refractivity contribution is -0.130. The van der Waals surface area contributed by atoms with E-state index in [0.29, 0.717) is 43.6 Å². The molecule has 1 aromatic heterocycles. The topological polar surface area (TPSA) is 131 Å². The van der Waals surface area contributed by atoms with Crippen LogP contribution in [-0.2, 0) is 17.8 Å². The van der Waals surface area contributed by atoms with Crippen LogP contribution in [0.25, 0.3) is 11.1 Å². The molecule has 5 rings (SSSR count). The molecule has 1 saturated heterocycles. The van der Waals surface area contributed by atoms with Gasteiger partial charge in [0.05, 0.1) is 5.52 Å². The number of benzene rings is 2. The number of amides is 5. The van der Waals surface area contributed by atoms with E-state index in [0.717, 1.165) is 22.4 Å². The fraction of sp³-hybridized carbons (Fsp3) is 0.407. The first kappa shape index (κ1) is 25.4. The average Bonchev–Trinajstić information content (AvgIpc) is 3.28. The van der Waals surface area contributed by atoms with Crippen molar-refractivity contribution in [1.82, 2.24) is 25.0 Å². The van der Waals surface area contributed by atoms with E-state index in [9.17, 15) is 19.2 Å². The van der Waals surface area contributed by atoms with Gasteiger partial charge >= 0.3 is 17.8 Å². The first-order chi connectivity index (χ1) is 18.2. The number of likely N-dealkylation sites (tertiary alicyclic amines) is 1. The first-order valence-corrected chi connectivity index (χ1v) is 12.7. The summed E-state index contributed by atoms with van der Waals surface area (Å²) in [4.78, 5) is 58.1. The molecule has 0 spiro atoms. The van der Waals surface area contributed by atoms with E-state index in [2.05, 4.69) is 15.6 Å². The molecule has 1 fully saturated rings. The summed E-state index contributed by atoms with van der Waals surface area (Å²) in [6.07, 6.45) is 1.55. The third-order valence-corrected chi connectivity index (χ3v) is 7.32. The SMILES string of the molecule is Cc1cc(CC(NC(=O)N2CCC(N3Cc4ccccc4NC3=O)CC2)C(=O)N(C)C)cc2oc(=O)[nH]c12. The number of piperidine rings is 1. The van der Waals surface area contributed by atoms with Gasteiger partial charge < -0.3 is 29.8 Å². The Bertz CT molecular complexity index is 1440.